The molecule has 0 aliphatic rings. The van der Waals surface area contributed by atoms with Gasteiger partial charge in [-0.2, -0.15) is 0 Å². The van der Waals surface area contributed by atoms with E-state index in [9.17, 15) is 0 Å². The van der Waals surface area contributed by atoms with Crippen LogP contribution in [0, 0.1) is 6.92 Å². The van der Waals surface area contributed by atoms with Gasteiger partial charge in [-0.25, -0.2) is 9.50 Å². The molecule has 192 valence electrons. The molecule has 0 saturated carbocycles. The van der Waals surface area contributed by atoms with Crippen LogP contribution in [0.3, 0.4) is 0 Å². The highest BCUT2D eigenvalue weighted by Gasteiger charge is 2.17. The van der Waals surface area contributed by atoms with Crippen LogP contribution in [0.25, 0.3) is 27.4 Å². The minimum absolute atomic E-state index is 0.343. The first-order chi connectivity index (χ1) is 18.6. The van der Waals surface area contributed by atoms with Crippen LogP contribution in [0.5, 0.6) is 22.4 Å². The molecule has 0 radical (unpaired) electrons. The molecular weight excluding hydrogens is 504 g/mol. The number of hydrogen-bond donors (Lipinski definition) is 0. The van der Waals surface area contributed by atoms with E-state index in [0.29, 0.717) is 51.9 Å². The molecule has 10 heteroatoms. The summed E-state index contributed by atoms with van der Waals surface area (Å²) in [5.41, 5.74) is 4.29. The molecule has 0 aliphatic carbocycles. The third kappa shape index (κ3) is 4.73. The van der Waals surface area contributed by atoms with Crippen LogP contribution < -0.4 is 18.9 Å². The third-order valence-electron chi connectivity index (χ3n) is 6.06. The van der Waals surface area contributed by atoms with Crippen molar-refractivity contribution in [3.05, 3.63) is 83.8 Å². The number of nitrogens with zero attached hydrogens (tertiary/aromatic N) is 4. The van der Waals surface area contributed by atoms with Crippen molar-refractivity contribution in [2.45, 2.75) is 20.1 Å². The Bertz CT molecular complexity index is 1710. The quantitative estimate of drug-likeness (QED) is 0.223. The second-order valence-electron chi connectivity index (χ2n) is 8.55. The highest BCUT2D eigenvalue weighted by molar-refractivity contribution is 7.18. The van der Waals surface area contributed by atoms with Crippen molar-refractivity contribution in [1.29, 1.82) is 0 Å². The molecule has 38 heavy (non-hydrogen) atoms. The maximum absolute atomic E-state index is 6.25. The fourth-order valence-electron chi connectivity index (χ4n) is 4.05. The zero-order chi connectivity index (χ0) is 26.1. The number of pyridine rings is 1. The maximum atomic E-state index is 6.25. The van der Waals surface area contributed by atoms with Crippen LogP contribution in [-0.2, 0) is 13.2 Å². The Balaban J connectivity index is 1.22. The lowest BCUT2D eigenvalue weighted by Crippen LogP contribution is -2.00. The molecule has 0 amide bonds. The van der Waals surface area contributed by atoms with Crippen LogP contribution in [-0.4, -0.2) is 33.8 Å². The van der Waals surface area contributed by atoms with Crippen LogP contribution in [0.1, 0.15) is 16.8 Å². The van der Waals surface area contributed by atoms with Crippen molar-refractivity contribution in [2.24, 2.45) is 0 Å². The van der Waals surface area contributed by atoms with Gasteiger partial charge in [-0.3, -0.25) is 4.98 Å². The van der Waals surface area contributed by atoms with Gasteiger partial charge in [0.15, 0.2) is 5.76 Å². The molecule has 6 rings (SSSR count). The third-order valence-corrected chi connectivity index (χ3v) is 6.95. The van der Waals surface area contributed by atoms with Crippen LogP contribution >= 0.6 is 11.3 Å². The number of aryl methyl sites for hydroxylation is 1. The smallest absolute Gasteiger partial charge is 0.294 e. The Morgan fingerprint density at radius 1 is 0.947 bits per heavy atom. The van der Waals surface area contributed by atoms with Crippen molar-refractivity contribution >= 4 is 27.3 Å². The normalized spacial score (nSPS) is 11.2. The van der Waals surface area contributed by atoms with Gasteiger partial charge in [0, 0.05) is 29.6 Å². The van der Waals surface area contributed by atoms with Gasteiger partial charge in [0.1, 0.15) is 41.7 Å². The van der Waals surface area contributed by atoms with E-state index >= 15 is 0 Å². The van der Waals surface area contributed by atoms with E-state index in [-0.39, 0.29) is 0 Å². The molecule has 0 unspecified atom stereocenters. The minimum atomic E-state index is 0.343. The molecule has 0 fully saturated rings. The van der Waals surface area contributed by atoms with E-state index < -0.39 is 0 Å². The van der Waals surface area contributed by atoms with Crippen molar-refractivity contribution in [3.8, 4) is 33.9 Å². The van der Waals surface area contributed by atoms with E-state index in [4.69, 9.17) is 23.4 Å². The number of hydrogen-bond acceptors (Lipinski definition) is 9. The van der Waals surface area contributed by atoms with E-state index in [0.717, 1.165) is 28.0 Å². The molecule has 0 aliphatic heterocycles. The molecule has 4 aromatic heterocycles. The standard InChI is InChI=1S/C28H24N4O5S/c1-17-19(7-5-9-29-17)16-35-20-8-4-6-18(10-20)15-36-24-11-21(33-2)12-25-22(24)13-26(37-25)23-14-32-27(30-23)38-28(31-32)34-3/h4-14H,15-16H2,1-3H3. The number of methoxy groups -OCH3 is 2. The number of fused-ring (bicyclic) bond motifs is 2. The SMILES string of the molecule is COc1cc(OCc2cccc(OCc3cccnc3C)c2)c2cc(-c3cn4nc(OC)sc4n3)oc2c1. The first-order valence-corrected chi connectivity index (χ1v) is 12.7. The molecule has 0 N–H and O–H groups in total. The molecule has 4 heterocycles. The van der Waals surface area contributed by atoms with Crippen LogP contribution in [0.2, 0.25) is 0 Å². The summed E-state index contributed by atoms with van der Waals surface area (Å²) in [5.74, 6) is 2.65. The molecule has 2 aromatic carbocycles. The number of rotatable bonds is 9. The second-order valence-corrected chi connectivity index (χ2v) is 9.46. The zero-order valence-electron chi connectivity index (χ0n) is 21.0. The van der Waals surface area contributed by atoms with Gasteiger partial charge in [0.25, 0.3) is 5.19 Å². The lowest BCUT2D eigenvalue weighted by atomic mass is 10.2. The van der Waals surface area contributed by atoms with Gasteiger partial charge >= 0.3 is 0 Å². The molecule has 6 aromatic rings. The number of benzene rings is 2. The van der Waals surface area contributed by atoms with E-state index in [1.807, 2.05) is 67.7 Å². The summed E-state index contributed by atoms with van der Waals surface area (Å²) in [6, 6.07) is 17.4. The summed E-state index contributed by atoms with van der Waals surface area (Å²) < 4.78 is 30.7. The summed E-state index contributed by atoms with van der Waals surface area (Å²) in [6.07, 6.45) is 3.59. The van der Waals surface area contributed by atoms with Gasteiger partial charge in [0.05, 0.1) is 25.8 Å². The Hall–Kier alpha value is -4.57. The topological polar surface area (TPSA) is 93.1 Å². The Morgan fingerprint density at radius 2 is 1.87 bits per heavy atom. The molecule has 0 spiro atoms. The van der Waals surface area contributed by atoms with Gasteiger partial charge in [0.2, 0.25) is 4.96 Å². The number of ether oxygens (including phenoxy) is 4. The second kappa shape index (κ2) is 10.1. The van der Waals surface area contributed by atoms with E-state index in [1.54, 1.807) is 24.9 Å². The Labute approximate surface area is 222 Å². The van der Waals surface area contributed by atoms with Crippen LogP contribution in [0.15, 0.2) is 71.4 Å². The molecule has 0 saturated heterocycles. The van der Waals surface area contributed by atoms with Gasteiger partial charge in [-0.15, -0.1) is 5.10 Å². The zero-order valence-corrected chi connectivity index (χ0v) is 21.8. The first kappa shape index (κ1) is 23.8. The van der Waals surface area contributed by atoms with E-state index in [1.165, 1.54) is 11.3 Å². The van der Waals surface area contributed by atoms with E-state index in [2.05, 4.69) is 15.1 Å². The highest BCUT2D eigenvalue weighted by atomic mass is 32.1. The average Bonchev–Trinajstić information content (AvgIpc) is 3.64. The van der Waals surface area contributed by atoms with Gasteiger partial charge in [-0.05, 0) is 48.1 Å². The van der Waals surface area contributed by atoms with Crippen molar-refractivity contribution in [3.63, 3.8) is 0 Å². The predicted octanol–water partition coefficient (Wildman–Crippen LogP) is 6.08. The summed E-state index contributed by atoms with van der Waals surface area (Å²) in [5, 5.41) is 5.70. The Morgan fingerprint density at radius 3 is 2.68 bits per heavy atom. The summed E-state index contributed by atoms with van der Waals surface area (Å²) in [4.78, 5) is 9.65. The lowest BCUT2D eigenvalue weighted by molar-refractivity contribution is 0.296. The minimum Gasteiger partial charge on any atom is -0.496 e. The van der Waals surface area contributed by atoms with Gasteiger partial charge < -0.3 is 23.4 Å². The molecule has 0 atom stereocenters. The fourth-order valence-corrected chi connectivity index (χ4v) is 4.75. The van der Waals surface area contributed by atoms with Crippen molar-refractivity contribution < 1.29 is 23.4 Å². The highest BCUT2D eigenvalue weighted by Crippen LogP contribution is 2.37. The van der Waals surface area contributed by atoms with Gasteiger partial charge in [-0.1, -0.05) is 18.2 Å². The van der Waals surface area contributed by atoms with Crippen LogP contribution in [0.4, 0.5) is 0 Å². The molecular formula is C28H24N4O5S. The molecule has 9 nitrogen and oxygen atoms in total. The number of imidazole rings is 1. The molecule has 0 bridgehead atoms. The lowest BCUT2D eigenvalue weighted by Gasteiger charge is -2.11. The maximum Gasteiger partial charge on any atom is 0.294 e. The largest absolute Gasteiger partial charge is 0.496 e. The first-order valence-electron chi connectivity index (χ1n) is 11.9. The number of aromatic nitrogens is 4. The summed E-state index contributed by atoms with van der Waals surface area (Å²) >= 11 is 1.36. The average molecular weight is 529 g/mol. The Kier molecular flexibility index (Phi) is 6.30. The summed E-state index contributed by atoms with van der Waals surface area (Å²) in [7, 11) is 3.20. The number of furan rings is 1. The summed E-state index contributed by atoms with van der Waals surface area (Å²) in [6.45, 7) is 2.77. The monoisotopic (exact) mass is 528 g/mol. The fraction of sp³-hybridized carbons (Fsp3) is 0.179. The predicted molar refractivity (Wildman–Crippen MR) is 143 cm³/mol. The van der Waals surface area contributed by atoms with Crippen molar-refractivity contribution in [2.75, 3.05) is 14.2 Å². The van der Waals surface area contributed by atoms with Crippen molar-refractivity contribution in [1.82, 2.24) is 19.6 Å².